The van der Waals surface area contributed by atoms with Crippen molar-refractivity contribution in [3.05, 3.63) is 0 Å². The number of amides is 2. The SMILES string of the molecule is CSCCCCNC(=O)N1C2CCC1CC(CC(=O)O)C2. The second-order valence-corrected chi connectivity index (χ2v) is 7.14. The Kier molecular flexibility index (Phi) is 6.21. The van der Waals surface area contributed by atoms with Gasteiger partial charge >= 0.3 is 12.0 Å². The molecule has 2 saturated heterocycles. The molecular weight excluding hydrogens is 288 g/mol. The van der Waals surface area contributed by atoms with Gasteiger partial charge in [0.05, 0.1) is 0 Å². The molecule has 0 spiro atoms. The summed E-state index contributed by atoms with van der Waals surface area (Å²) in [6, 6.07) is 0.555. The van der Waals surface area contributed by atoms with Gasteiger partial charge in [0.2, 0.25) is 0 Å². The summed E-state index contributed by atoms with van der Waals surface area (Å²) in [6.07, 6.45) is 8.26. The van der Waals surface area contributed by atoms with Gasteiger partial charge in [-0.15, -0.1) is 0 Å². The molecule has 2 fully saturated rings. The van der Waals surface area contributed by atoms with Crippen molar-refractivity contribution < 1.29 is 14.7 Å². The second-order valence-electron chi connectivity index (χ2n) is 6.16. The maximum atomic E-state index is 12.3. The largest absolute Gasteiger partial charge is 0.481 e. The summed E-state index contributed by atoms with van der Waals surface area (Å²) < 4.78 is 0. The van der Waals surface area contributed by atoms with Crippen molar-refractivity contribution in [1.82, 2.24) is 10.2 Å². The third-order valence-electron chi connectivity index (χ3n) is 4.58. The number of hydrogen-bond acceptors (Lipinski definition) is 3. The van der Waals surface area contributed by atoms with Crippen LogP contribution in [0.3, 0.4) is 0 Å². The van der Waals surface area contributed by atoms with E-state index in [1.807, 2.05) is 16.7 Å². The summed E-state index contributed by atoms with van der Waals surface area (Å²) in [5.74, 6) is 0.665. The zero-order valence-corrected chi connectivity index (χ0v) is 13.5. The highest BCUT2D eigenvalue weighted by molar-refractivity contribution is 7.98. The van der Waals surface area contributed by atoms with E-state index in [9.17, 15) is 9.59 Å². The predicted molar refractivity (Wildman–Crippen MR) is 84.6 cm³/mol. The standard InChI is InChI=1S/C15H26N2O3S/c1-21-7-3-2-6-16-15(20)17-12-4-5-13(17)9-11(8-12)10-14(18)19/h11-13H,2-10H2,1H3,(H,16,20)(H,18,19). The second kappa shape index (κ2) is 7.92. The first kappa shape index (κ1) is 16.5. The Morgan fingerprint density at radius 2 is 1.90 bits per heavy atom. The van der Waals surface area contributed by atoms with Gasteiger partial charge in [0.1, 0.15) is 0 Å². The zero-order valence-electron chi connectivity index (χ0n) is 12.7. The van der Waals surface area contributed by atoms with Gasteiger partial charge in [-0.3, -0.25) is 4.79 Å². The van der Waals surface area contributed by atoms with Crippen LogP contribution in [0.4, 0.5) is 4.79 Å². The summed E-state index contributed by atoms with van der Waals surface area (Å²) in [7, 11) is 0. The van der Waals surface area contributed by atoms with Crippen molar-refractivity contribution in [1.29, 1.82) is 0 Å². The minimum atomic E-state index is -0.717. The maximum absolute atomic E-state index is 12.3. The summed E-state index contributed by atoms with van der Waals surface area (Å²) in [5, 5.41) is 12.0. The lowest BCUT2D eigenvalue weighted by atomic mass is 9.88. The van der Waals surface area contributed by atoms with E-state index in [4.69, 9.17) is 5.11 Å². The number of rotatable bonds is 7. The van der Waals surface area contributed by atoms with Gasteiger partial charge in [0.15, 0.2) is 0 Å². The van der Waals surface area contributed by atoms with Crippen molar-refractivity contribution in [2.45, 2.75) is 57.0 Å². The molecule has 0 aromatic carbocycles. The summed E-state index contributed by atoms with van der Waals surface area (Å²) in [4.78, 5) is 25.2. The van der Waals surface area contributed by atoms with E-state index in [1.54, 1.807) is 0 Å². The summed E-state index contributed by atoms with van der Waals surface area (Å²) >= 11 is 1.83. The first-order valence-corrected chi connectivity index (χ1v) is 9.28. The molecule has 2 aliphatic heterocycles. The average Bonchev–Trinajstić information content (AvgIpc) is 2.69. The highest BCUT2D eigenvalue weighted by Crippen LogP contribution is 2.39. The number of carbonyl (C=O) groups excluding carboxylic acids is 1. The lowest BCUT2D eigenvalue weighted by Crippen LogP contribution is -2.51. The zero-order chi connectivity index (χ0) is 15.2. The number of fused-ring (bicyclic) bond motifs is 2. The van der Waals surface area contributed by atoms with Crippen LogP contribution in [0.25, 0.3) is 0 Å². The van der Waals surface area contributed by atoms with Gasteiger partial charge in [-0.2, -0.15) is 11.8 Å². The van der Waals surface area contributed by atoms with Crippen LogP contribution in [0, 0.1) is 5.92 Å². The topological polar surface area (TPSA) is 69.6 Å². The third kappa shape index (κ3) is 4.53. The van der Waals surface area contributed by atoms with Gasteiger partial charge in [-0.25, -0.2) is 4.79 Å². The Hall–Kier alpha value is -0.910. The molecule has 21 heavy (non-hydrogen) atoms. The van der Waals surface area contributed by atoms with E-state index in [0.717, 1.165) is 50.8 Å². The van der Waals surface area contributed by atoms with Crippen LogP contribution in [0.15, 0.2) is 0 Å². The molecule has 2 atom stereocenters. The van der Waals surface area contributed by atoms with Crippen LogP contribution in [0.2, 0.25) is 0 Å². The van der Waals surface area contributed by atoms with E-state index in [-0.39, 0.29) is 30.5 Å². The highest BCUT2D eigenvalue weighted by atomic mass is 32.2. The van der Waals surface area contributed by atoms with Gasteiger partial charge < -0.3 is 15.3 Å². The Labute approximate surface area is 130 Å². The number of unbranched alkanes of at least 4 members (excludes halogenated alkanes) is 1. The molecule has 0 aromatic heterocycles. The van der Waals surface area contributed by atoms with E-state index < -0.39 is 5.97 Å². The number of hydrogen-bond donors (Lipinski definition) is 2. The Morgan fingerprint density at radius 3 is 2.48 bits per heavy atom. The average molecular weight is 314 g/mol. The van der Waals surface area contributed by atoms with E-state index >= 15 is 0 Å². The van der Waals surface area contributed by atoms with E-state index in [2.05, 4.69) is 11.6 Å². The fraction of sp³-hybridized carbons (Fsp3) is 0.867. The molecule has 2 unspecified atom stereocenters. The van der Waals surface area contributed by atoms with E-state index in [1.165, 1.54) is 0 Å². The molecule has 2 amide bonds. The Morgan fingerprint density at radius 1 is 1.24 bits per heavy atom. The monoisotopic (exact) mass is 314 g/mol. The maximum Gasteiger partial charge on any atom is 0.317 e. The third-order valence-corrected chi connectivity index (χ3v) is 5.28. The minimum Gasteiger partial charge on any atom is -0.481 e. The van der Waals surface area contributed by atoms with Gasteiger partial charge in [-0.05, 0) is 56.5 Å². The molecule has 0 aromatic rings. The van der Waals surface area contributed by atoms with Crippen molar-refractivity contribution in [3.63, 3.8) is 0 Å². The first-order valence-electron chi connectivity index (χ1n) is 7.88. The van der Waals surface area contributed by atoms with Crippen LogP contribution in [0.1, 0.15) is 44.9 Å². The van der Waals surface area contributed by atoms with Crippen molar-refractivity contribution in [2.75, 3.05) is 18.6 Å². The lowest BCUT2D eigenvalue weighted by molar-refractivity contribution is -0.138. The number of aliphatic carboxylic acids is 1. The molecule has 2 aliphatic rings. The predicted octanol–water partition coefficient (Wildman–Crippen LogP) is 2.56. The molecule has 2 bridgehead atoms. The highest BCUT2D eigenvalue weighted by Gasteiger charge is 2.43. The quantitative estimate of drug-likeness (QED) is 0.709. The van der Waals surface area contributed by atoms with Crippen LogP contribution in [0.5, 0.6) is 0 Å². The normalized spacial score (nSPS) is 27.7. The number of nitrogens with zero attached hydrogens (tertiary/aromatic N) is 1. The molecule has 0 aliphatic carbocycles. The molecular formula is C15H26N2O3S. The number of nitrogens with one attached hydrogen (secondary N) is 1. The molecule has 120 valence electrons. The number of thioether (sulfide) groups is 1. The van der Waals surface area contributed by atoms with Crippen molar-refractivity contribution >= 4 is 23.8 Å². The Balaban J connectivity index is 1.77. The van der Waals surface area contributed by atoms with Gasteiger partial charge in [0.25, 0.3) is 0 Å². The number of carbonyl (C=O) groups is 2. The molecule has 5 nitrogen and oxygen atoms in total. The molecule has 0 radical (unpaired) electrons. The van der Waals surface area contributed by atoms with Crippen molar-refractivity contribution in [3.8, 4) is 0 Å². The molecule has 0 saturated carbocycles. The molecule has 2 heterocycles. The number of urea groups is 1. The number of carboxylic acid groups (broad SMARTS) is 1. The van der Waals surface area contributed by atoms with Crippen LogP contribution >= 0.6 is 11.8 Å². The number of piperidine rings is 1. The van der Waals surface area contributed by atoms with Crippen LogP contribution in [-0.2, 0) is 4.79 Å². The summed E-state index contributed by atoms with van der Waals surface area (Å²) in [6.45, 7) is 0.744. The molecule has 2 N–H and O–H groups in total. The molecule has 2 rings (SSSR count). The fourth-order valence-electron chi connectivity index (χ4n) is 3.69. The minimum absolute atomic E-state index is 0.0560. The fourth-order valence-corrected chi connectivity index (χ4v) is 4.19. The lowest BCUT2D eigenvalue weighted by Gasteiger charge is -2.38. The van der Waals surface area contributed by atoms with Crippen LogP contribution < -0.4 is 5.32 Å². The van der Waals surface area contributed by atoms with Crippen LogP contribution in [-0.4, -0.2) is 52.6 Å². The first-order chi connectivity index (χ1) is 10.1. The van der Waals surface area contributed by atoms with Gasteiger partial charge in [0, 0.05) is 25.0 Å². The summed E-state index contributed by atoms with van der Waals surface area (Å²) in [5.41, 5.74) is 0. The smallest absolute Gasteiger partial charge is 0.317 e. The van der Waals surface area contributed by atoms with Gasteiger partial charge in [-0.1, -0.05) is 0 Å². The number of carboxylic acids is 1. The Bertz CT molecular complexity index is 364. The molecule has 6 heteroatoms. The van der Waals surface area contributed by atoms with E-state index in [0.29, 0.717) is 0 Å². The van der Waals surface area contributed by atoms with Crippen molar-refractivity contribution in [2.24, 2.45) is 5.92 Å².